The number of nitrogens with one attached hydrogen (secondary N) is 2. The molecule has 3 rings (SSSR count). The van der Waals surface area contributed by atoms with Crippen molar-refractivity contribution in [1.82, 2.24) is 15.2 Å². The normalized spacial score (nSPS) is 11.2. The van der Waals surface area contributed by atoms with E-state index >= 15 is 0 Å². The Bertz CT molecular complexity index is 950. The average Bonchev–Trinajstić information content (AvgIpc) is 2.96. The summed E-state index contributed by atoms with van der Waals surface area (Å²) in [5, 5.41) is 11.1. The number of aromatic nitrogens is 3. The third kappa shape index (κ3) is 3.52. The molecule has 0 aliphatic carbocycles. The number of carbonyl (C=O) groups is 1. The van der Waals surface area contributed by atoms with Crippen molar-refractivity contribution in [3.63, 3.8) is 0 Å². The fourth-order valence-corrected chi connectivity index (χ4v) is 2.70. The van der Waals surface area contributed by atoms with Crippen LogP contribution in [0.25, 0.3) is 17.0 Å². The third-order valence-corrected chi connectivity index (χ3v) is 4.04. The Labute approximate surface area is 145 Å². The van der Waals surface area contributed by atoms with E-state index in [0.717, 1.165) is 27.7 Å². The number of nitrogens with zero attached hydrogens (tertiary/aromatic N) is 2. The van der Waals surface area contributed by atoms with Gasteiger partial charge in [-0.25, -0.2) is 4.98 Å². The number of pyridine rings is 1. The first-order chi connectivity index (χ1) is 12.0. The van der Waals surface area contributed by atoms with Crippen molar-refractivity contribution in [3.05, 3.63) is 52.9 Å². The van der Waals surface area contributed by atoms with Crippen molar-refractivity contribution in [3.8, 4) is 5.88 Å². The minimum Gasteiger partial charge on any atom is -0.481 e. The van der Waals surface area contributed by atoms with Gasteiger partial charge >= 0.3 is 0 Å². The van der Waals surface area contributed by atoms with Gasteiger partial charge in [0.05, 0.1) is 29.7 Å². The van der Waals surface area contributed by atoms with Gasteiger partial charge in [-0.3, -0.25) is 9.89 Å². The van der Waals surface area contributed by atoms with Gasteiger partial charge in [0.25, 0.3) is 0 Å². The number of methoxy groups -OCH3 is 1. The molecule has 3 aromatic rings. The number of hydrogen-bond donors (Lipinski definition) is 2. The van der Waals surface area contributed by atoms with Crippen LogP contribution in [-0.2, 0) is 4.79 Å². The first kappa shape index (κ1) is 16.7. The number of amides is 1. The smallest absolute Gasteiger partial charge is 0.248 e. The molecule has 1 amide bonds. The molecule has 0 aliphatic heterocycles. The van der Waals surface area contributed by atoms with E-state index in [4.69, 9.17) is 4.74 Å². The Balaban J connectivity index is 1.76. The highest BCUT2D eigenvalue weighted by Gasteiger charge is 2.09. The lowest BCUT2D eigenvalue weighted by atomic mass is 10.1. The molecule has 6 heteroatoms. The lowest BCUT2D eigenvalue weighted by Gasteiger charge is -2.11. The van der Waals surface area contributed by atoms with Crippen LogP contribution in [0.5, 0.6) is 5.88 Å². The molecule has 2 heterocycles. The van der Waals surface area contributed by atoms with Gasteiger partial charge in [0.1, 0.15) is 0 Å². The summed E-state index contributed by atoms with van der Waals surface area (Å²) in [5.41, 5.74) is 5.16. The molecule has 25 heavy (non-hydrogen) atoms. The van der Waals surface area contributed by atoms with E-state index in [-0.39, 0.29) is 5.91 Å². The largest absolute Gasteiger partial charge is 0.481 e. The number of ether oxygens (including phenoxy) is 1. The van der Waals surface area contributed by atoms with E-state index in [2.05, 4.69) is 20.5 Å². The van der Waals surface area contributed by atoms with Crippen LogP contribution in [0.3, 0.4) is 0 Å². The molecule has 0 unspecified atom stereocenters. The zero-order valence-corrected chi connectivity index (χ0v) is 14.7. The van der Waals surface area contributed by atoms with Gasteiger partial charge < -0.3 is 10.1 Å². The number of rotatable bonds is 4. The lowest BCUT2D eigenvalue weighted by Crippen LogP contribution is -2.11. The maximum Gasteiger partial charge on any atom is 0.248 e. The van der Waals surface area contributed by atoms with Crippen molar-refractivity contribution in [1.29, 1.82) is 0 Å². The molecule has 0 atom stereocenters. The molecule has 2 N–H and O–H groups in total. The van der Waals surface area contributed by atoms with Gasteiger partial charge in [-0.2, -0.15) is 5.10 Å². The number of benzene rings is 1. The summed E-state index contributed by atoms with van der Waals surface area (Å²) < 4.78 is 5.13. The Morgan fingerprint density at radius 3 is 2.72 bits per heavy atom. The van der Waals surface area contributed by atoms with Crippen LogP contribution in [0.1, 0.15) is 22.5 Å². The Kier molecular flexibility index (Phi) is 4.52. The molecular formula is C19H20N4O2. The zero-order valence-electron chi connectivity index (χ0n) is 14.7. The highest BCUT2D eigenvalue weighted by Crippen LogP contribution is 2.23. The Morgan fingerprint density at radius 2 is 2.00 bits per heavy atom. The monoisotopic (exact) mass is 336 g/mol. The summed E-state index contributed by atoms with van der Waals surface area (Å²) in [7, 11) is 1.57. The molecule has 0 spiro atoms. The Morgan fingerprint density at radius 1 is 1.20 bits per heavy atom. The molecule has 0 radical (unpaired) electrons. The van der Waals surface area contributed by atoms with Crippen molar-refractivity contribution < 1.29 is 9.53 Å². The third-order valence-electron chi connectivity index (χ3n) is 4.04. The van der Waals surface area contributed by atoms with Gasteiger partial charge in [-0.1, -0.05) is 12.1 Å². The van der Waals surface area contributed by atoms with Crippen LogP contribution < -0.4 is 10.1 Å². The van der Waals surface area contributed by atoms with Crippen LogP contribution in [0, 0.1) is 20.8 Å². The van der Waals surface area contributed by atoms with Crippen LogP contribution in [0.2, 0.25) is 0 Å². The van der Waals surface area contributed by atoms with Gasteiger partial charge in [-0.15, -0.1) is 0 Å². The van der Waals surface area contributed by atoms with Crippen LogP contribution in [-0.4, -0.2) is 28.2 Å². The van der Waals surface area contributed by atoms with E-state index in [0.29, 0.717) is 17.3 Å². The molecule has 1 aromatic carbocycles. The van der Waals surface area contributed by atoms with Gasteiger partial charge in [-0.05, 0) is 44.0 Å². The minimum atomic E-state index is -0.209. The highest BCUT2D eigenvalue weighted by atomic mass is 16.5. The maximum atomic E-state index is 12.2. The molecule has 0 bridgehead atoms. The number of hydrogen-bond acceptors (Lipinski definition) is 4. The average molecular weight is 336 g/mol. The summed E-state index contributed by atoms with van der Waals surface area (Å²) in [6, 6.07) is 7.71. The maximum absolute atomic E-state index is 12.2. The standard InChI is InChI=1S/C19H20N4O2/c1-11-9-18(25-4)20-13(3)19(11)21-17(24)8-6-14-5-7-15-12(2)22-23-16(15)10-14/h5-10H,1-4H3,(H,21,24)(H,22,23)/b8-6+. The molecule has 0 saturated carbocycles. The second-order valence-electron chi connectivity index (χ2n) is 5.88. The molecule has 6 nitrogen and oxygen atoms in total. The van der Waals surface area contributed by atoms with Crippen molar-refractivity contribution in [2.75, 3.05) is 12.4 Å². The van der Waals surface area contributed by atoms with Crippen LogP contribution in [0.15, 0.2) is 30.3 Å². The van der Waals surface area contributed by atoms with E-state index in [9.17, 15) is 4.79 Å². The second-order valence-corrected chi connectivity index (χ2v) is 5.88. The fourth-order valence-electron chi connectivity index (χ4n) is 2.70. The van der Waals surface area contributed by atoms with E-state index in [1.165, 1.54) is 6.08 Å². The first-order valence-electron chi connectivity index (χ1n) is 7.94. The Hall–Kier alpha value is -3.15. The predicted octanol–water partition coefficient (Wildman–Crippen LogP) is 3.54. The van der Waals surface area contributed by atoms with Gasteiger partial charge in [0.2, 0.25) is 11.8 Å². The van der Waals surface area contributed by atoms with E-state index < -0.39 is 0 Å². The topological polar surface area (TPSA) is 79.9 Å². The molecular weight excluding hydrogens is 316 g/mol. The highest BCUT2D eigenvalue weighted by molar-refractivity contribution is 6.03. The summed E-state index contributed by atoms with van der Waals surface area (Å²) in [5.74, 6) is 0.325. The quantitative estimate of drug-likeness (QED) is 0.714. The summed E-state index contributed by atoms with van der Waals surface area (Å²) >= 11 is 0. The molecule has 0 fully saturated rings. The minimum absolute atomic E-state index is 0.209. The van der Waals surface area contributed by atoms with Crippen molar-refractivity contribution in [2.45, 2.75) is 20.8 Å². The predicted molar refractivity (Wildman–Crippen MR) is 98.8 cm³/mol. The van der Waals surface area contributed by atoms with Gasteiger partial charge in [0.15, 0.2) is 0 Å². The number of anilines is 1. The van der Waals surface area contributed by atoms with Gasteiger partial charge in [0, 0.05) is 17.5 Å². The number of carbonyl (C=O) groups excluding carboxylic acids is 1. The zero-order chi connectivity index (χ0) is 18.0. The van der Waals surface area contributed by atoms with E-state index in [1.807, 2.05) is 39.0 Å². The molecule has 0 aliphatic rings. The number of aromatic amines is 1. The first-order valence-corrected chi connectivity index (χ1v) is 7.94. The summed E-state index contributed by atoms with van der Waals surface area (Å²) in [6.45, 7) is 5.70. The van der Waals surface area contributed by atoms with Crippen LogP contribution in [0.4, 0.5) is 5.69 Å². The molecule has 128 valence electrons. The van der Waals surface area contributed by atoms with E-state index in [1.54, 1.807) is 19.3 Å². The van der Waals surface area contributed by atoms with Crippen molar-refractivity contribution >= 4 is 28.6 Å². The van der Waals surface area contributed by atoms with Crippen LogP contribution >= 0.6 is 0 Å². The number of aryl methyl sites for hydroxylation is 3. The van der Waals surface area contributed by atoms with Crippen molar-refractivity contribution in [2.24, 2.45) is 0 Å². The molecule has 0 saturated heterocycles. The molecule has 2 aromatic heterocycles. The summed E-state index contributed by atoms with van der Waals surface area (Å²) in [6.07, 6.45) is 3.28. The number of H-pyrrole nitrogens is 1. The second kappa shape index (κ2) is 6.76. The fraction of sp³-hybridized carbons (Fsp3) is 0.211. The summed E-state index contributed by atoms with van der Waals surface area (Å²) in [4.78, 5) is 16.5. The SMILES string of the molecule is COc1cc(C)c(NC(=O)/C=C/c2ccc3c(C)n[nH]c3c2)c(C)n1. The lowest BCUT2D eigenvalue weighted by molar-refractivity contribution is -0.111. The number of fused-ring (bicyclic) bond motifs is 1.